The number of amides is 2. The van der Waals surface area contributed by atoms with Gasteiger partial charge in [0.1, 0.15) is 5.82 Å². The summed E-state index contributed by atoms with van der Waals surface area (Å²) in [4.78, 5) is 25.5. The van der Waals surface area contributed by atoms with Gasteiger partial charge in [0, 0.05) is 37.3 Å². The van der Waals surface area contributed by atoms with Gasteiger partial charge in [-0.25, -0.2) is 17.5 Å². The van der Waals surface area contributed by atoms with Crippen molar-refractivity contribution >= 4 is 33.2 Å². The Morgan fingerprint density at radius 1 is 1.14 bits per heavy atom. The molecule has 0 radical (unpaired) electrons. The second kappa shape index (κ2) is 8.49. The van der Waals surface area contributed by atoms with Crippen LogP contribution in [0.5, 0.6) is 0 Å². The minimum atomic E-state index is -3.81. The molecule has 0 saturated carbocycles. The van der Waals surface area contributed by atoms with Gasteiger partial charge in [0.15, 0.2) is 0 Å². The lowest BCUT2D eigenvalue weighted by Crippen LogP contribution is -2.28. The SMILES string of the molecule is O=C(CCNS(=O)(=O)c1ccc(F)cc1)Nc1cccc(N2CCCC2=O)c1. The molecule has 28 heavy (non-hydrogen) atoms. The smallest absolute Gasteiger partial charge is 0.240 e. The van der Waals surface area contributed by atoms with E-state index in [1.807, 2.05) is 0 Å². The van der Waals surface area contributed by atoms with Crippen molar-refractivity contribution in [3.63, 3.8) is 0 Å². The number of nitrogens with one attached hydrogen (secondary N) is 2. The molecule has 0 aromatic heterocycles. The summed E-state index contributed by atoms with van der Waals surface area (Å²) in [5.41, 5.74) is 1.25. The molecule has 1 fully saturated rings. The van der Waals surface area contributed by atoms with Gasteiger partial charge in [-0.05, 0) is 48.9 Å². The Labute approximate surface area is 162 Å². The standard InChI is InChI=1S/C19H20FN3O4S/c20-14-6-8-17(9-7-14)28(26,27)21-11-10-18(24)22-15-3-1-4-16(13-15)23-12-2-5-19(23)25/h1,3-4,6-9,13,21H,2,5,10-12H2,(H,22,24). The Bertz CT molecular complexity index is 977. The molecule has 2 N–H and O–H groups in total. The number of anilines is 2. The molecule has 1 saturated heterocycles. The summed E-state index contributed by atoms with van der Waals surface area (Å²) in [5, 5.41) is 2.69. The monoisotopic (exact) mass is 405 g/mol. The van der Waals surface area contributed by atoms with E-state index in [1.165, 1.54) is 0 Å². The van der Waals surface area contributed by atoms with Crippen molar-refractivity contribution in [2.24, 2.45) is 0 Å². The molecule has 2 aromatic carbocycles. The summed E-state index contributed by atoms with van der Waals surface area (Å²) >= 11 is 0. The van der Waals surface area contributed by atoms with E-state index < -0.39 is 15.8 Å². The van der Waals surface area contributed by atoms with Crippen LogP contribution in [0, 0.1) is 5.82 Å². The van der Waals surface area contributed by atoms with Crippen LogP contribution in [0.15, 0.2) is 53.4 Å². The van der Waals surface area contributed by atoms with Gasteiger partial charge in [-0.2, -0.15) is 0 Å². The van der Waals surface area contributed by atoms with Crippen molar-refractivity contribution in [1.29, 1.82) is 0 Å². The zero-order chi connectivity index (χ0) is 20.1. The third kappa shape index (κ3) is 4.93. The number of carbonyl (C=O) groups excluding carboxylic acids is 2. The molecule has 1 aliphatic rings. The molecule has 2 aromatic rings. The summed E-state index contributed by atoms with van der Waals surface area (Å²) in [6.45, 7) is 0.553. The number of halogens is 1. The number of benzene rings is 2. The van der Waals surface area contributed by atoms with Crippen LogP contribution in [0.3, 0.4) is 0 Å². The van der Waals surface area contributed by atoms with Gasteiger partial charge < -0.3 is 10.2 Å². The summed E-state index contributed by atoms with van der Waals surface area (Å²) in [6.07, 6.45) is 1.25. The average Bonchev–Trinajstić information content (AvgIpc) is 3.08. The van der Waals surface area contributed by atoms with E-state index in [0.717, 1.165) is 36.4 Å². The zero-order valence-electron chi connectivity index (χ0n) is 15.0. The molecule has 148 valence electrons. The lowest BCUT2D eigenvalue weighted by atomic mass is 10.2. The van der Waals surface area contributed by atoms with Crippen LogP contribution in [-0.2, 0) is 19.6 Å². The predicted molar refractivity (Wildman–Crippen MR) is 103 cm³/mol. The highest BCUT2D eigenvalue weighted by Crippen LogP contribution is 2.24. The number of hydrogen-bond acceptors (Lipinski definition) is 4. The van der Waals surface area contributed by atoms with Crippen molar-refractivity contribution in [3.05, 3.63) is 54.3 Å². The highest BCUT2D eigenvalue weighted by Gasteiger charge is 2.21. The van der Waals surface area contributed by atoms with E-state index in [0.29, 0.717) is 18.7 Å². The van der Waals surface area contributed by atoms with Crippen molar-refractivity contribution < 1.29 is 22.4 Å². The average molecular weight is 405 g/mol. The molecule has 0 aliphatic carbocycles. The fourth-order valence-corrected chi connectivity index (χ4v) is 3.92. The quantitative estimate of drug-likeness (QED) is 0.739. The number of rotatable bonds is 7. The van der Waals surface area contributed by atoms with Gasteiger partial charge in [-0.1, -0.05) is 6.07 Å². The first-order chi connectivity index (χ1) is 13.3. The highest BCUT2D eigenvalue weighted by molar-refractivity contribution is 7.89. The topological polar surface area (TPSA) is 95.6 Å². The first-order valence-electron chi connectivity index (χ1n) is 8.81. The van der Waals surface area contributed by atoms with E-state index in [2.05, 4.69) is 10.0 Å². The molecule has 1 heterocycles. The second-order valence-corrected chi connectivity index (χ2v) is 8.12. The van der Waals surface area contributed by atoms with Crippen LogP contribution in [0.4, 0.5) is 15.8 Å². The van der Waals surface area contributed by atoms with Crippen molar-refractivity contribution in [2.75, 3.05) is 23.3 Å². The number of hydrogen-bond donors (Lipinski definition) is 2. The minimum absolute atomic E-state index is 0.0543. The van der Waals surface area contributed by atoms with Gasteiger partial charge in [0.2, 0.25) is 21.8 Å². The Hall–Kier alpha value is -2.78. The maximum atomic E-state index is 12.9. The Kier molecular flexibility index (Phi) is 6.05. The molecule has 1 aliphatic heterocycles. The third-order valence-corrected chi connectivity index (χ3v) is 5.76. The Balaban J connectivity index is 1.53. The number of nitrogens with zero attached hydrogens (tertiary/aromatic N) is 1. The second-order valence-electron chi connectivity index (χ2n) is 6.35. The zero-order valence-corrected chi connectivity index (χ0v) is 15.8. The molecule has 0 bridgehead atoms. The summed E-state index contributed by atoms with van der Waals surface area (Å²) in [7, 11) is -3.81. The van der Waals surface area contributed by atoms with Crippen LogP contribution >= 0.6 is 0 Å². The Morgan fingerprint density at radius 3 is 2.57 bits per heavy atom. The minimum Gasteiger partial charge on any atom is -0.326 e. The van der Waals surface area contributed by atoms with Crippen molar-refractivity contribution in [1.82, 2.24) is 4.72 Å². The van der Waals surface area contributed by atoms with Gasteiger partial charge >= 0.3 is 0 Å². The van der Waals surface area contributed by atoms with Gasteiger partial charge in [-0.15, -0.1) is 0 Å². The first kappa shape index (κ1) is 20.0. The lowest BCUT2D eigenvalue weighted by molar-refractivity contribution is -0.117. The van der Waals surface area contributed by atoms with Crippen LogP contribution in [0.2, 0.25) is 0 Å². The molecule has 0 spiro atoms. The highest BCUT2D eigenvalue weighted by atomic mass is 32.2. The Morgan fingerprint density at radius 2 is 1.89 bits per heavy atom. The molecule has 0 atom stereocenters. The first-order valence-corrected chi connectivity index (χ1v) is 10.3. The fraction of sp³-hybridized carbons (Fsp3) is 0.263. The maximum Gasteiger partial charge on any atom is 0.240 e. The summed E-state index contributed by atoms with van der Waals surface area (Å²) in [6, 6.07) is 11.4. The van der Waals surface area contributed by atoms with E-state index >= 15 is 0 Å². The van der Waals surface area contributed by atoms with E-state index in [1.54, 1.807) is 29.2 Å². The summed E-state index contributed by atoms with van der Waals surface area (Å²) in [5.74, 6) is -0.846. The molecular formula is C19H20FN3O4S. The largest absolute Gasteiger partial charge is 0.326 e. The van der Waals surface area contributed by atoms with Gasteiger partial charge in [0.05, 0.1) is 4.90 Å². The molecule has 9 heteroatoms. The van der Waals surface area contributed by atoms with E-state index in [4.69, 9.17) is 0 Å². The third-order valence-electron chi connectivity index (χ3n) is 4.28. The van der Waals surface area contributed by atoms with Crippen LogP contribution in [0.25, 0.3) is 0 Å². The number of carbonyl (C=O) groups is 2. The summed E-state index contributed by atoms with van der Waals surface area (Å²) < 4.78 is 39.4. The lowest BCUT2D eigenvalue weighted by Gasteiger charge is -2.16. The van der Waals surface area contributed by atoms with Crippen molar-refractivity contribution in [3.8, 4) is 0 Å². The molecule has 0 unspecified atom stereocenters. The maximum absolute atomic E-state index is 12.9. The van der Waals surface area contributed by atoms with Crippen LogP contribution in [0.1, 0.15) is 19.3 Å². The van der Waals surface area contributed by atoms with Crippen LogP contribution in [-0.4, -0.2) is 33.3 Å². The van der Waals surface area contributed by atoms with E-state index in [9.17, 15) is 22.4 Å². The molecular weight excluding hydrogens is 385 g/mol. The predicted octanol–water partition coefficient (Wildman–Crippen LogP) is 2.26. The van der Waals surface area contributed by atoms with Crippen molar-refractivity contribution in [2.45, 2.75) is 24.2 Å². The van der Waals surface area contributed by atoms with Crippen LogP contribution < -0.4 is 14.9 Å². The number of sulfonamides is 1. The fourth-order valence-electron chi connectivity index (χ4n) is 2.89. The molecule has 2 amide bonds. The molecule has 7 nitrogen and oxygen atoms in total. The van der Waals surface area contributed by atoms with Gasteiger partial charge in [-0.3, -0.25) is 9.59 Å². The normalized spacial score (nSPS) is 14.3. The van der Waals surface area contributed by atoms with E-state index in [-0.39, 0.29) is 29.7 Å². The van der Waals surface area contributed by atoms with Gasteiger partial charge in [0.25, 0.3) is 0 Å². The molecule has 3 rings (SSSR count).